The van der Waals surface area contributed by atoms with Crippen LogP contribution in [0.3, 0.4) is 0 Å². The first-order valence-corrected chi connectivity index (χ1v) is 8.18. The summed E-state index contributed by atoms with van der Waals surface area (Å²) in [5.74, 6) is 0.803. The van der Waals surface area contributed by atoms with E-state index in [0.717, 1.165) is 18.5 Å². The van der Waals surface area contributed by atoms with Crippen LogP contribution in [-0.2, 0) is 4.79 Å². The van der Waals surface area contributed by atoms with Gasteiger partial charge in [-0.1, -0.05) is 0 Å². The fourth-order valence-corrected chi connectivity index (χ4v) is 2.56. The van der Waals surface area contributed by atoms with Crippen LogP contribution in [0.5, 0.6) is 0 Å². The molecule has 3 aromatic heterocycles. The molecule has 0 unspecified atom stereocenters. The van der Waals surface area contributed by atoms with Crippen molar-refractivity contribution >= 4 is 34.6 Å². The van der Waals surface area contributed by atoms with Crippen LogP contribution in [0.25, 0.3) is 5.65 Å². The molecule has 0 radical (unpaired) electrons. The minimum absolute atomic E-state index is 0.192. The molecule has 26 heavy (non-hydrogen) atoms. The predicted octanol–water partition coefficient (Wildman–Crippen LogP) is 2.27. The quantitative estimate of drug-likeness (QED) is 0.647. The lowest BCUT2D eigenvalue weighted by Crippen LogP contribution is -2.09. The fourth-order valence-electron chi connectivity index (χ4n) is 2.56. The van der Waals surface area contributed by atoms with Gasteiger partial charge in [-0.05, 0) is 18.9 Å². The number of pyridine rings is 1. The second kappa shape index (κ2) is 6.33. The number of nitrogens with zero attached hydrogens (tertiary/aromatic N) is 5. The molecule has 130 valence electrons. The van der Waals surface area contributed by atoms with Crippen LogP contribution >= 0.6 is 0 Å². The van der Waals surface area contributed by atoms with Gasteiger partial charge in [-0.15, -0.1) is 5.10 Å². The summed E-state index contributed by atoms with van der Waals surface area (Å²) in [7, 11) is 0. The molecule has 3 N–H and O–H groups in total. The Bertz CT molecular complexity index is 1030. The van der Waals surface area contributed by atoms with Crippen LogP contribution in [0.2, 0.25) is 0 Å². The highest BCUT2D eigenvalue weighted by atomic mass is 16.1. The molecule has 9 nitrogen and oxygen atoms in total. The Morgan fingerprint density at radius 2 is 2.15 bits per heavy atom. The van der Waals surface area contributed by atoms with Gasteiger partial charge in [0.1, 0.15) is 11.9 Å². The van der Waals surface area contributed by atoms with Crippen LogP contribution in [0.1, 0.15) is 25.5 Å². The normalized spacial score (nSPS) is 13.2. The minimum atomic E-state index is -0.192. The molecule has 0 saturated heterocycles. The Kier molecular flexibility index (Phi) is 3.85. The van der Waals surface area contributed by atoms with E-state index >= 15 is 0 Å². The Morgan fingerprint density at radius 3 is 2.88 bits per heavy atom. The van der Waals surface area contributed by atoms with E-state index in [1.54, 1.807) is 18.3 Å². The molecule has 1 fully saturated rings. The van der Waals surface area contributed by atoms with Gasteiger partial charge in [0.05, 0.1) is 11.9 Å². The molecule has 0 bridgehead atoms. The van der Waals surface area contributed by atoms with E-state index in [1.165, 1.54) is 17.6 Å². The molecule has 1 aliphatic carbocycles. The third-order valence-electron chi connectivity index (χ3n) is 3.86. The average molecular weight is 348 g/mol. The van der Waals surface area contributed by atoms with Crippen molar-refractivity contribution in [1.82, 2.24) is 19.6 Å². The average Bonchev–Trinajstić information content (AvgIpc) is 3.31. The van der Waals surface area contributed by atoms with Gasteiger partial charge in [0, 0.05) is 37.0 Å². The number of amides is 1. The van der Waals surface area contributed by atoms with E-state index in [9.17, 15) is 10.1 Å². The lowest BCUT2D eigenvalue weighted by Gasteiger charge is -2.11. The van der Waals surface area contributed by atoms with E-state index in [-0.39, 0.29) is 5.91 Å². The summed E-state index contributed by atoms with van der Waals surface area (Å²) in [6, 6.07) is 7.87. The van der Waals surface area contributed by atoms with Crippen molar-refractivity contribution in [2.45, 2.75) is 25.8 Å². The molecule has 3 heterocycles. The van der Waals surface area contributed by atoms with Gasteiger partial charge < -0.3 is 16.0 Å². The number of fused-ring (bicyclic) bond motifs is 1. The highest BCUT2D eigenvalue weighted by molar-refractivity contribution is 5.88. The third kappa shape index (κ3) is 3.25. The Hall–Kier alpha value is -3.67. The van der Waals surface area contributed by atoms with Crippen LogP contribution in [-0.4, -0.2) is 31.5 Å². The van der Waals surface area contributed by atoms with E-state index in [0.29, 0.717) is 34.7 Å². The standard InChI is InChI=1S/C17H16N8O/c1-10(26)21-15-6-12(4-5-19-15)23-16-7-14(22-11-2-3-11)17-20-9-13(8-18)25(17)24-16/h4-7,9,11,22H,2-3H2,1H3,(H2,19,21,23,24,26). The molecule has 1 aliphatic rings. The maximum Gasteiger partial charge on any atom is 0.222 e. The van der Waals surface area contributed by atoms with Gasteiger partial charge in [0.25, 0.3) is 0 Å². The number of aromatic nitrogens is 4. The van der Waals surface area contributed by atoms with Gasteiger partial charge in [-0.2, -0.15) is 9.78 Å². The minimum Gasteiger partial charge on any atom is -0.379 e. The number of carbonyl (C=O) groups is 1. The highest BCUT2D eigenvalue weighted by Crippen LogP contribution is 2.29. The summed E-state index contributed by atoms with van der Waals surface area (Å²) in [5, 5.41) is 23.0. The fraction of sp³-hybridized carbons (Fsp3) is 0.235. The maximum atomic E-state index is 11.2. The second-order valence-corrected chi connectivity index (χ2v) is 6.09. The van der Waals surface area contributed by atoms with Gasteiger partial charge >= 0.3 is 0 Å². The summed E-state index contributed by atoms with van der Waals surface area (Å²) < 4.78 is 1.52. The van der Waals surface area contributed by atoms with Gasteiger partial charge in [0.2, 0.25) is 5.91 Å². The highest BCUT2D eigenvalue weighted by Gasteiger charge is 2.23. The number of nitrogens with one attached hydrogen (secondary N) is 3. The van der Waals surface area contributed by atoms with Gasteiger partial charge in [0.15, 0.2) is 17.2 Å². The van der Waals surface area contributed by atoms with Crippen molar-refractivity contribution in [2.75, 3.05) is 16.0 Å². The Morgan fingerprint density at radius 1 is 1.31 bits per heavy atom. The Balaban J connectivity index is 1.69. The maximum absolute atomic E-state index is 11.2. The summed E-state index contributed by atoms with van der Waals surface area (Å²) >= 11 is 0. The first kappa shape index (κ1) is 15.8. The van der Waals surface area contributed by atoms with Crippen LogP contribution < -0.4 is 16.0 Å². The Labute approximate surface area is 149 Å². The molecule has 3 aromatic rings. The number of carbonyl (C=O) groups excluding carboxylic acids is 1. The zero-order valence-electron chi connectivity index (χ0n) is 14.0. The predicted molar refractivity (Wildman–Crippen MR) is 96.2 cm³/mol. The molecule has 0 atom stereocenters. The topological polar surface area (TPSA) is 120 Å². The number of anilines is 4. The van der Waals surface area contributed by atoms with Crippen molar-refractivity contribution in [1.29, 1.82) is 5.26 Å². The zero-order chi connectivity index (χ0) is 18.1. The van der Waals surface area contributed by atoms with E-state index in [4.69, 9.17) is 0 Å². The van der Waals surface area contributed by atoms with Crippen LogP contribution in [0.15, 0.2) is 30.6 Å². The summed E-state index contributed by atoms with van der Waals surface area (Å²) in [4.78, 5) is 19.6. The van der Waals surface area contributed by atoms with Crippen molar-refractivity contribution in [2.24, 2.45) is 0 Å². The SMILES string of the molecule is CC(=O)Nc1cc(Nc2cc(NC3CC3)c3ncc(C#N)n3n2)ccn1. The largest absolute Gasteiger partial charge is 0.379 e. The lowest BCUT2D eigenvalue weighted by atomic mass is 10.3. The molecule has 0 aromatic carbocycles. The number of imidazole rings is 1. The van der Waals surface area contributed by atoms with E-state index < -0.39 is 0 Å². The van der Waals surface area contributed by atoms with E-state index in [1.807, 2.05) is 6.07 Å². The van der Waals surface area contributed by atoms with Gasteiger partial charge in [-0.25, -0.2) is 9.97 Å². The molecule has 1 amide bonds. The molecule has 9 heteroatoms. The number of rotatable bonds is 5. The number of hydrogen-bond acceptors (Lipinski definition) is 7. The second-order valence-electron chi connectivity index (χ2n) is 6.09. The monoisotopic (exact) mass is 348 g/mol. The van der Waals surface area contributed by atoms with Crippen molar-refractivity contribution in [3.05, 3.63) is 36.3 Å². The summed E-state index contributed by atoms with van der Waals surface area (Å²) in [6.45, 7) is 1.43. The first-order chi connectivity index (χ1) is 12.6. The smallest absolute Gasteiger partial charge is 0.222 e. The van der Waals surface area contributed by atoms with Crippen molar-refractivity contribution in [3.63, 3.8) is 0 Å². The third-order valence-corrected chi connectivity index (χ3v) is 3.86. The van der Waals surface area contributed by atoms with Crippen molar-refractivity contribution in [3.8, 4) is 6.07 Å². The first-order valence-electron chi connectivity index (χ1n) is 8.18. The molecule has 1 saturated carbocycles. The summed E-state index contributed by atoms with van der Waals surface area (Å²) in [6.07, 6.45) is 5.33. The molecule has 0 spiro atoms. The zero-order valence-corrected chi connectivity index (χ0v) is 14.0. The lowest BCUT2D eigenvalue weighted by molar-refractivity contribution is -0.114. The van der Waals surface area contributed by atoms with Crippen LogP contribution in [0.4, 0.5) is 23.0 Å². The number of hydrogen-bond donors (Lipinski definition) is 3. The molecule has 4 rings (SSSR count). The summed E-state index contributed by atoms with van der Waals surface area (Å²) in [5.41, 5.74) is 2.51. The molecular formula is C17H16N8O. The van der Waals surface area contributed by atoms with Gasteiger partial charge in [-0.3, -0.25) is 4.79 Å². The number of nitriles is 1. The van der Waals surface area contributed by atoms with Crippen LogP contribution in [0, 0.1) is 11.3 Å². The molecule has 0 aliphatic heterocycles. The van der Waals surface area contributed by atoms with Crippen molar-refractivity contribution < 1.29 is 4.79 Å². The van der Waals surface area contributed by atoms with E-state index in [2.05, 4.69) is 37.1 Å². The molecular weight excluding hydrogens is 332 g/mol.